The first-order valence-corrected chi connectivity index (χ1v) is 4.96. The Bertz CT molecular complexity index is 443. The molecule has 3 heteroatoms. The van der Waals surface area contributed by atoms with E-state index < -0.39 is 0 Å². The molecule has 0 radical (unpaired) electrons. The van der Waals surface area contributed by atoms with Gasteiger partial charge in [0.2, 0.25) is 0 Å². The second-order valence-corrected chi connectivity index (χ2v) is 3.71. The molecule has 2 heterocycles. The number of ether oxygens (including phenoxy) is 1. The molecule has 1 aromatic carbocycles. The first kappa shape index (κ1) is 8.00. The Morgan fingerprint density at radius 1 is 1.36 bits per heavy atom. The van der Waals surface area contributed by atoms with Crippen molar-refractivity contribution in [1.29, 1.82) is 0 Å². The summed E-state index contributed by atoms with van der Waals surface area (Å²) < 4.78 is 5.38. The monoisotopic (exact) mass is 188 g/mol. The van der Waals surface area contributed by atoms with Crippen LogP contribution in [0.15, 0.2) is 24.3 Å². The van der Waals surface area contributed by atoms with E-state index in [9.17, 15) is 0 Å². The van der Waals surface area contributed by atoms with E-state index in [1.165, 1.54) is 11.1 Å². The Kier molecular flexibility index (Phi) is 1.77. The van der Waals surface area contributed by atoms with Gasteiger partial charge in [0.15, 0.2) is 0 Å². The Balaban J connectivity index is 2.11. The molecule has 14 heavy (non-hydrogen) atoms. The summed E-state index contributed by atoms with van der Waals surface area (Å²) >= 11 is 0. The van der Waals surface area contributed by atoms with E-state index in [1.54, 1.807) is 0 Å². The first-order valence-electron chi connectivity index (χ1n) is 4.96. The molecule has 0 amide bonds. The van der Waals surface area contributed by atoms with Crippen LogP contribution in [0.1, 0.15) is 18.0 Å². The van der Waals surface area contributed by atoms with Gasteiger partial charge in [-0.1, -0.05) is 18.2 Å². The third-order valence-electron chi connectivity index (χ3n) is 2.83. The van der Waals surface area contributed by atoms with Crippen molar-refractivity contribution >= 4 is 10.9 Å². The minimum atomic E-state index is 0.502. The van der Waals surface area contributed by atoms with Gasteiger partial charge in [-0.05, 0) is 12.5 Å². The number of H-pyrrole nitrogens is 1. The van der Waals surface area contributed by atoms with Crippen LogP contribution < -0.4 is 0 Å². The van der Waals surface area contributed by atoms with Gasteiger partial charge in [-0.25, -0.2) is 0 Å². The lowest BCUT2D eigenvalue weighted by Gasteiger charge is -2.03. The lowest BCUT2D eigenvalue weighted by molar-refractivity contribution is 0.193. The largest absolute Gasteiger partial charge is 0.381 e. The fourth-order valence-corrected chi connectivity index (χ4v) is 2.05. The first-order chi connectivity index (χ1) is 6.95. The SMILES string of the molecule is c1ccc2c([C@@H]3CCOC3)[nH]nc2c1. The molecule has 0 spiro atoms. The van der Waals surface area contributed by atoms with Crippen LogP contribution >= 0.6 is 0 Å². The molecule has 0 aliphatic carbocycles. The number of aromatic nitrogens is 2. The van der Waals surface area contributed by atoms with Gasteiger partial charge in [0.05, 0.1) is 12.1 Å². The fraction of sp³-hybridized carbons (Fsp3) is 0.364. The molecule has 1 N–H and O–H groups in total. The average Bonchev–Trinajstić information content (AvgIpc) is 2.85. The van der Waals surface area contributed by atoms with Gasteiger partial charge in [-0.3, -0.25) is 5.10 Å². The highest BCUT2D eigenvalue weighted by Gasteiger charge is 2.21. The van der Waals surface area contributed by atoms with E-state index in [-0.39, 0.29) is 0 Å². The summed E-state index contributed by atoms with van der Waals surface area (Å²) in [5.74, 6) is 0.502. The molecule has 1 saturated heterocycles. The highest BCUT2D eigenvalue weighted by atomic mass is 16.5. The molecule has 1 atom stereocenters. The Hall–Kier alpha value is -1.35. The fourth-order valence-electron chi connectivity index (χ4n) is 2.05. The van der Waals surface area contributed by atoms with Crippen molar-refractivity contribution in [3.8, 4) is 0 Å². The molecule has 2 aromatic rings. The van der Waals surface area contributed by atoms with Gasteiger partial charge >= 0.3 is 0 Å². The third-order valence-corrected chi connectivity index (χ3v) is 2.83. The number of rotatable bonds is 1. The van der Waals surface area contributed by atoms with E-state index in [4.69, 9.17) is 4.74 Å². The summed E-state index contributed by atoms with van der Waals surface area (Å²) in [6, 6.07) is 8.22. The highest BCUT2D eigenvalue weighted by Crippen LogP contribution is 2.28. The standard InChI is InChI=1S/C11H12N2O/c1-2-4-10-9(3-1)11(13-12-10)8-5-6-14-7-8/h1-4,8H,5-7H2,(H,12,13)/t8-/m1/s1. The number of hydrogen-bond acceptors (Lipinski definition) is 2. The molecule has 0 saturated carbocycles. The summed E-state index contributed by atoms with van der Waals surface area (Å²) in [6.45, 7) is 1.70. The molecule has 0 unspecified atom stereocenters. The van der Waals surface area contributed by atoms with Gasteiger partial charge in [0.25, 0.3) is 0 Å². The summed E-state index contributed by atoms with van der Waals surface area (Å²) in [7, 11) is 0. The van der Waals surface area contributed by atoms with Crippen molar-refractivity contribution in [2.45, 2.75) is 12.3 Å². The normalized spacial score (nSPS) is 21.9. The van der Waals surface area contributed by atoms with Crippen molar-refractivity contribution in [3.05, 3.63) is 30.0 Å². The average molecular weight is 188 g/mol. The molecule has 1 aliphatic rings. The maximum atomic E-state index is 5.38. The minimum absolute atomic E-state index is 0.502. The van der Waals surface area contributed by atoms with Crippen molar-refractivity contribution in [1.82, 2.24) is 10.2 Å². The number of hydrogen-bond donors (Lipinski definition) is 1. The molecule has 1 aromatic heterocycles. The van der Waals surface area contributed by atoms with Crippen molar-refractivity contribution in [2.24, 2.45) is 0 Å². The predicted molar refractivity (Wildman–Crippen MR) is 54.3 cm³/mol. The lowest BCUT2D eigenvalue weighted by Crippen LogP contribution is -1.98. The number of nitrogens with zero attached hydrogens (tertiary/aromatic N) is 1. The summed E-state index contributed by atoms with van der Waals surface area (Å²) in [5, 5.41) is 8.65. The highest BCUT2D eigenvalue weighted by molar-refractivity contribution is 5.81. The third kappa shape index (κ3) is 1.13. The Morgan fingerprint density at radius 3 is 3.14 bits per heavy atom. The van der Waals surface area contributed by atoms with E-state index in [0.29, 0.717) is 5.92 Å². The van der Waals surface area contributed by atoms with Gasteiger partial charge in [-0.2, -0.15) is 5.10 Å². The van der Waals surface area contributed by atoms with Crippen LogP contribution in [-0.2, 0) is 4.74 Å². The van der Waals surface area contributed by atoms with Crippen LogP contribution in [0.5, 0.6) is 0 Å². The van der Waals surface area contributed by atoms with Crippen LogP contribution in [0, 0.1) is 0 Å². The van der Waals surface area contributed by atoms with Gasteiger partial charge < -0.3 is 4.74 Å². The molecule has 1 aliphatic heterocycles. The molecule has 3 nitrogen and oxygen atoms in total. The minimum Gasteiger partial charge on any atom is -0.381 e. The molecule has 0 bridgehead atoms. The Labute approximate surface area is 82.1 Å². The zero-order valence-corrected chi connectivity index (χ0v) is 7.86. The van der Waals surface area contributed by atoms with E-state index in [2.05, 4.69) is 22.3 Å². The topological polar surface area (TPSA) is 37.9 Å². The summed E-state index contributed by atoms with van der Waals surface area (Å²) in [4.78, 5) is 0. The van der Waals surface area contributed by atoms with E-state index in [1.807, 2.05) is 12.1 Å². The van der Waals surface area contributed by atoms with E-state index >= 15 is 0 Å². The van der Waals surface area contributed by atoms with Gasteiger partial charge in [0.1, 0.15) is 0 Å². The Morgan fingerprint density at radius 2 is 2.29 bits per heavy atom. The van der Waals surface area contributed by atoms with E-state index in [0.717, 1.165) is 25.2 Å². The zero-order valence-electron chi connectivity index (χ0n) is 7.86. The van der Waals surface area contributed by atoms with Crippen molar-refractivity contribution < 1.29 is 4.74 Å². The number of benzene rings is 1. The van der Waals surface area contributed by atoms with Crippen LogP contribution in [0.4, 0.5) is 0 Å². The second kappa shape index (κ2) is 3.10. The van der Waals surface area contributed by atoms with Crippen molar-refractivity contribution in [3.63, 3.8) is 0 Å². The number of nitrogens with one attached hydrogen (secondary N) is 1. The summed E-state index contributed by atoms with van der Waals surface area (Å²) in [5.41, 5.74) is 2.28. The molecular formula is C11H12N2O. The molecule has 3 rings (SSSR count). The molecule has 72 valence electrons. The van der Waals surface area contributed by atoms with Crippen LogP contribution in [0.25, 0.3) is 10.9 Å². The van der Waals surface area contributed by atoms with Crippen LogP contribution in [-0.4, -0.2) is 23.4 Å². The molecule has 1 fully saturated rings. The second-order valence-electron chi connectivity index (χ2n) is 3.71. The molecular weight excluding hydrogens is 176 g/mol. The quantitative estimate of drug-likeness (QED) is 0.743. The zero-order chi connectivity index (χ0) is 9.38. The number of para-hydroxylation sites is 1. The van der Waals surface area contributed by atoms with Gasteiger partial charge in [0, 0.05) is 23.6 Å². The predicted octanol–water partition coefficient (Wildman–Crippen LogP) is 2.07. The van der Waals surface area contributed by atoms with Crippen molar-refractivity contribution in [2.75, 3.05) is 13.2 Å². The smallest absolute Gasteiger partial charge is 0.0923 e. The number of fused-ring (bicyclic) bond motifs is 1. The van der Waals surface area contributed by atoms with Crippen LogP contribution in [0.2, 0.25) is 0 Å². The maximum Gasteiger partial charge on any atom is 0.0923 e. The van der Waals surface area contributed by atoms with Crippen LogP contribution in [0.3, 0.4) is 0 Å². The number of aromatic amines is 1. The lowest BCUT2D eigenvalue weighted by atomic mass is 10.0. The summed E-state index contributed by atoms with van der Waals surface area (Å²) in [6.07, 6.45) is 1.10. The van der Waals surface area contributed by atoms with Gasteiger partial charge in [-0.15, -0.1) is 0 Å². The maximum absolute atomic E-state index is 5.38.